The number of pyridine rings is 1. The number of nitrogens with zero attached hydrogens (tertiary/aromatic N) is 2. The van der Waals surface area contributed by atoms with Gasteiger partial charge >= 0.3 is 5.97 Å². The molecule has 124 valence electrons. The maximum atomic E-state index is 12.1. The van der Waals surface area contributed by atoms with Gasteiger partial charge in [0.15, 0.2) is 0 Å². The predicted molar refractivity (Wildman–Crippen MR) is 86.0 cm³/mol. The maximum absolute atomic E-state index is 12.1. The predicted octanol–water partition coefficient (Wildman–Crippen LogP) is 2.24. The third kappa shape index (κ3) is 2.92. The van der Waals surface area contributed by atoms with E-state index in [2.05, 4.69) is 15.5 Å². The van der Waals surface area contributed by atoms with Gasteiger partial charge in [-0.1, -0.05) is 6.07 Å². The average molecular weight is 327 g/mol. The second-order valence-electron chi connectivity index (χ2n) is 5.41. The first-order chi connectivity index (χ1) is 11.6. The van der Waals surface area contributed by atoms with E-state index in [0.717, 1.165) is 18.4 Å². The highest BCUT2D eigenvalue weighted by atomic mass is 16.5. The summed E-state index contributed by atoms with van der Waals surface area (Å²) in [5.41, 5.74) is 4.96. The number of carbonyl (C=O) groups excluding carboxylic acids is 2. The van der Waals surface area contributed by atoms with Crippen LogP contribution in [0.4, 0.5) is 0 Å². The Balaban J connectivity index is 1.88. The molecule has 2 aromatic rings. The Morgan fingerprint density at radius 1 is 1.33 bits per heavy atom. The summed E-state index contributed by atoms with van der Waals surface area (Å²) in [6, 6.07) is 5.08. The Kier molecular flexibility index (Phi) is 4.41. The van der Waals surface area contributed by atoms with Gasteiger partial charge in [-0.05, 0) is 31.9 Å². The number of hydrogen-bond acceptors (Lipinski definition) is 6. The van der Waals surface area contributed by atoms with Crippen LogP contribution in [0, 0.1) is 6.92 Å². The van der Waals surface area contributed by atoms with Gasteiger partial charge in [0.1, 0.15) is 11.5 Å². The van der Waals surface area contributed by atoms with Crippen molar-refractivity contribution in [1.82, 2.24) is 10.4 Å². The Morgan fingerprint density at radius 3 is 2.88 bits per heavy atom. The van der Waals surface area contributed by atoms with E-state index < -0.39 is 5.97 Å². The molecule has 0 unspecified atom stereocenters. The molecule has 1 amide bonds. The van der Waals surface area contributed by atoms with Crippen LogP contribution in [0.25, 0.3) is 0 Å². The van der Waals surface area contributed by atoms with E-state index in [-0.39, 0.29) is 17.4 Å². The standard InChI is InChI=1S/C17H17N3O4/c1-10-14-11(19-20-16(21)12-6-3-4-9-18-12)7-5-8-13(14)24-15(10)17(22)23-2/h3-4,6,9H,5,7-8H2,1-2H3,(H,20,21)/b19-11+. The van der Waals surface area contributed by atoms with Gasteiger partial charge in [0.25, 0.3) is 5.91 Å². The second-order valence-corrected chi connectivity index (χ2v) is 5.41. The van der Waals surface area contributed by atoms with Crippen molar-refractivity contribution in [2.24, 2.45) is 5.10 Å². The number of methoxy groups -OCH3 is 1. The minimum absolute atomic E-state index is 0.188. The fourth-order valence-electron chi connectivity index (χ4n) is 2.74. The lowest BCUT2D eigenvalue weighted by Crippen LogP contribution is -2.22. The van der Waals surface area contributed by atoms with Crippen LogP contribution in [0.3, 0.4) is 0 Å². The highest BCUT2D eigenvalue weighted by Crippen LogP contribution is 2.30. The van der Waals surface area contributed by atoms with Crippen molar-refractivity contribution in [3.05, 3.63) is 52.7 Å². The van der Waals surface area contributed by atoms with Crippen molar-refractivity contribution < 1.29 is 18.7 Å². The molecule has 0 spiro atoms. The van der Waals surface area contributed by atoms with Gasteiger partial charge in [-0.2, -0.15) is 5.10 Å². The molecule has 0 saturated heterocycles. The van der Waals surface area contributed by atoms with Gasteiger partial charge in [-0.3, -0.25) is 9.78 Å². The molecule has 3 rings (SSSR count). The van der Waals surface area contributed by atoms with Crippen LogP contribution in [0.5, 0.6) is 0 Å². The van der Waals surface area contributed by atoms with Crippen LogP contribution in [-0.2, 0) is 11.2 Å². The largest absolute Gasteiger partial charge is 0.463 e. The molecule has 0 bridgehead atoms. The van der Waals surface area contributed by atoms with E-state index >= 15 is 0 Å². The van der Waals surface area contributed by atoms with Gasteiger partial charge in [0.2, 0.25) is 5.76 Å². The van der Waals surface area contributed by atoms with Gasteiger partial charge in [-0.15, -0.1) is 0 Å². The number of ether oxygens (including phenoxy) is 1. The molecular formula is C17H17N3O4. The summed E-state index contributed by atoms with van der Waals surface area (Å²) in [6.07, 6.45) is 3.79. The Labute approximate surface area is 138 Å². The van der Waals surface area contributed by atoms with E-state index in [1.165, 1.54) is 7.11 Å². The van der Waals surface area contributed by atoms with Crippen molar-refractivity contribution in [2.45, 2.75) is 26.2 Å². The van der Waals surface area contributed by atoms with Gasteiger partial charge in [0, 0.05) is 23.7 Å². The van der Waals surface area contributed by atoms with Crippen LogP contribution < -0.4 is 5.43 Å². The number of rotatable bonds is 3. The first kappa shape index (κ1) is 15.9. The minimum atomic E-state index is -0.515. The van der Waals surface area contributed by atoms with Crippen LogP contribution in [-0.4, -0.2) is 29.7 Å². The van der Waals surface area contributed by atoms with E-state index in [1.54, 1.807) is 31.3 Å². The van der Waals surface area contributed by atoms with Crippen LogP contribution in [0.15, 0.2) is 33.9 Å². The molecule has 0 aromatic carbocycles. The van der Waals surface area contributed by atoms with Gasteiger partial charge in [-0.25, -0.2) is 10.2 Å². The van der Waals surface area contributed by atoms with Crippen molar-refractivity contribution >= 4 is 17.6 Å². The average Bonchev–Trinajstić information content (AvgIpc) is 2.97. The van der Waals surface area contributed by atoms with Crippen LogP contribution in [0.2, 0.25) is 0 Å². The molecule has 2 aromatic heterocycles. The zero-order chi connectivity index (χ0) is 17.1. The Hall–Kier alpha value is -2.96. The molecule has 2 heterocycles. The number of hydrazone groups is 1. The Bertz CT molecular complexity index is 809. The fraction of sp³-hybridized carbons (Fsp3) is 0.294. The van der Waals surface area contributed by atoms with Crippen molar-refractivity contribution in [3.63, 3.8) is 0 Å². The molecule has 7 heteroatoms. The summed E-state index contributed by atoms with van der Waals surface area (Å²) in [6.45, 7) is 1.79. The maximum Gasteiger partial charge on any atom is 0.374 e. The van der Waals surface area contributed by atoms with Crippen LogP contribution >= 0.6 is 0 Å². The second kappa shape index (κ2) is 6.66. The Morgan fingerprint density at radius 2 is 2.17 bits per heavy atom. The smallest absolute Gasteiger partial charge is 0.374 e. The number of fused-ring (bicyclic) bond motifs is 1. The van der Waals surface area contributed by atoms with E-state index in [1.807, 2.05) is 0 Å². The third-order valence-electron chi connectivity index (χ3n) is 3.89. The van der Waals surface area contributed by atoms with Crippen molar-refractivity contribution in [1.29, 1.82) is 0 Å². The number of amides is 1. The van der Waals surface area contributed by atoms with E-state index in [0.29, 0.717) is 23.5 Å². The molecule has 0 fully saturated rings. The third-order valence-corrected chi connectivity index (χ3v) is 3.89. The number of aromatic nitrogens is 1. The quantitative estimate of drug-likeness (QED) is 0.689. The summed E-state index contributed by atoms with van der Waals surface area (Å²) >= 11 is 0. The monoisotopic (exact) mass is 327 g/mol. The summed E-state index contributed by atoms with van der Waals surface area (Å²) in [4.78, 5) is 27.8. The summed E-state index contributed by atoms with van der Waals surface area (Å²) < 4.78 is 10.4. The first-order valence-electron chi connectivity index (χ1n) is 7.60. The lowest BCUT2D eigenvalue weighted by molar-refractivity contribution is 0.0561. The zero-order valence-corrected chi connectivity index (χ0v) is 13.5. The molecule has 1 N–H and O–H groups in total. The van der Waals surface area contributed by atoms with Crippen LogP contribution in [0.1, 0.15) is 50.8 Å². The number of nitrogens with one attached hydrogen (secondary N) is 1. The van der Waals surface area contributed by atoms with Crippen molar-refractivity contribution in [2.75, 3.05) is 7.11 Å². The molecule has 0 aliphatic heterocycles. The number of aryl methyl sites for hydroxylation is 1. The lowest BCUT2D eigenvalue weighted by Gasteiger charge is -2.13. The molecule has 0 atom stereocenters. The highest BCUT2D eigenvalue weighted by Gasteiger charge is 2.28. The topological polar surface area (TPSA) is 93.8 Å². The first-order valence-corrected chi connectivity index (χ1v) is 7.60. The fourth-order valence-corrected chi connectivity index (χ4v) is 2.74. The minimum Gasteiger partial charge on any atom is -0.463 e. The van der Waals surface area contributed by atoms with Crippen molar-refractivity contribution in [3.8, 4) is 0 Å². The molecule has 0 radical (unpaired) electrons. The molecule has 7 nitrogen and oxygen atoms in total. The molecule has 24 heavy (non-hydrogen) atoms. The molecule has 1 aliphatic rings. The number of esters is 1. The van der Waals surface area contributed by atoms with Gasteiger partial charge in [0.05, 0.1) is 12.8 Å². The van der Waals surface area contributed by atoms with E-state index in [4.69, 9.17) is 9.15 Å². The number of hydrogen-bond donors (Lipinski definition) is 1. The molecule has 1 aliphatic carbocycles. The van der Waals surface area contributed by atoms with Gasteiger partial charge < -0.3 is 9.15 Å². The highest BCUT2D eigenvalue weighted by molar-refractivity contribution is 6.06. The van der Waals surface area contributed by atoms with E-state index in [9.17, 15) is 9.59 Å². The summed E-state index contributed by atoms with van der Waals surface area (Å²) in [7, 11) is 1.31. The summed E-state index contributed by atoms with van der Waals surface area (Å²) in [5, 5.41) is 4.23. The molecule has 0 saturated carbocycles. The lowest BCUT2D eigenvalue weighted by atomic mass is 9.93. The SMILES string of the molecule is COC(=O)c1oc2c(c1C)/C(=N/NC(=O)c1ccccn1)CCC2. The normalized spacial score (nSPS) is 15.0. The summed E-state index contributed by atoms with van der Waals surface area (Å²) in [5.74, 6) is -0.0125. The zero-order valence-electron chi connectivity index (χ0n) is 13.5. The number of furan rings is 1. The number of carbonyl (C=O) groups is 2. The molecular weight excluding hydrogens is 310 g/mol.